The van der Waals surface area contributed by atoms with Crippen LogP contribution in [-0.2, 0) is 33.2 Å². The summed E-state index contributed by atoms with van der Waals surface area (Å²) < 4.78 is 39.7. The largest absolute Gasteiger partial charge is 0.481 e. The number of aliphatic carboxylic acids is 1. The van der Waals surface area contributed by atoms with Gasteiger partial charge >= 0.3 is 5.97 Å². The average Bonchev–Trinajstić information content (AvgIpc) is 3.75. The highest BCUT2D eigenvalue weighted by Gasteiger charge is 2.62. The van der Waals surface area contributed by atoms with E-state index in [0.717, 1.165) is 38.5 Å². The van der Waals surface area contributed by atoms with E-state index in [0.29, 0.717) is 25.7 Å². The van der Waals surface area contributed by atoms with E-state index in [-0.39, 0.29) is 72.6 Å². The molecule has 1 spiro atoms. The summed E-state index contributed by atoms with van der Waals surface area (Å²) in [6.07, 6.45) is 5.04. The first-order chi connectivity index (χ1) is 22.5. The van der Waals surface area contributed by atoms with Crippen LogP contribution < -0.4 is 0 Å². The molecule has 11 nitrogen and oxygen atoms in total. The number of hydrogen-bond donors (Lipinski definition) is 4. The fourth-order valence-electron chi connectivity index (χ4n) is 9.97. The number of methoxy groups -OCH3 is 1. The van der Waals surface area contributed by atoms with Gasteiger partial charge in [-0.05, 0) is 70.1 Å². The summed E-state index contributed by atoms with van der Waals surface area (Å²) in [6, 6.07) is 0. The smallest absolute Gasteiger partial charge is 0.303 e. The molecule has 0 saturated carbocycles. The van der Waals surface area contributed by atoms with Crippen molar-refractivity contribution in [1.82, 2.24) is 0 Å². The third kappa shape index (κ3) is 7.24. The third-order valence-electron chi connectivity index (χ3n) is 13.1. The molecule has 0 aliphatic carbocycles. The number of aliphatic hydroxyl groups is 3. The number of ether oxygens (including phenoxy) is 6. The van der Waals surface area contributed by atoms with E-state index in [4.69, 9.17) is 33.5 Å². The summed E-state index contributed by atoms with van der Waals surface area (Å²) in [5.41, 5.74) is -1.09. The van der Waals surface area contributed by atoms with Crippen molar-refractivity contribution in [3.05, 3.63) is 0 Å². The molecular weight excluding hydrogens is 620 g/mol. The molecule has 5 fully saturated rings. The van der Waals surface area contributed by atoms with Crippen molar-refractivity contribution in [3.8, 4) is 0 Å². The molecule has 0 aromatic heterocycles. The van der Waals surface area contributed by atoms with E-state index >= 15 is 0 Å². The molecule has 0 radical (unpaired) electrons. The Balaban J connectivity index is 1.26. The normalized spacial score (nSPS) is 49.4. The molecule has 0 aromatic rings. The number of carbonyl (C=O) groups is 1. The van der Waals surface area contributed by atoms with Gasteiger partial charge in [0.2, 0.25) is 0 Å². The Morgan fingerprint density at radius 3 is 2.42 bits per heavy atom. The van der Waals surface area contributed by atoms with Gasteiger partial charge in [0.05, 0.1) is 60.5 Å². The molecule has 5 rings (SSSR count). The number of hydrogen-bond acceptors (Lipinski definition) is 10. The Hall–Kier alpha value is -0.890. The quantitative estimate of drug-likeness (QED) is 0.224. The highest BCUT2D eigenvalue weighted by molar-refractivity contribution is 5.66. The van der Waals surface area contributed by atoms with Crippen LogP contribution in [0, 0.1) is 29.6 Å². The Bertz CT molecular complexity index is 1110. The van der Waals surface area contributed by atoms with Gasteiger partial charge < -0.3 is 48.8 Å². The van der Waals surface area contributed by atoms with Crippen molar-refractivity contribution in [1.29, 1.82) is 0 Å². The number of rotatable bonds is 12. The van der Waals surface area contributed by atoms with Crippen LogP contribution in [0.3, 0.4) is 0 Å². The van der Waals surface area contributed by atoms with E-state index in [1.165, 1.54) is 0 Å². The summed E-state index contributed by atoms with van der Waals surface area (Å²) >= 11 is 0. The lowest BCUT2D eigenvalue weighted by atomic mass is 9.79. The molecule has 4 N–H and O–H groups in total. The molecule has 0 unspecified atom stereocenters. The number of carboxylic acid groups (broad SMARTS) is 1. The molecule has 11 heteroatoms. The lowest BCUT2D eigenvalue weighted by Crippen LogP contribution is -2.56. The lowest BCUT2D eigenvalue weighted by Gasteiger charge is -2.48. The zero-order valence-corrected chi connectivity index (χ0v) is 30.6. The van der Waals surface area contributed by atoms with Crippen LogP contribution in [0.4, 0.5) is 0 Å². The molecule has 5 aliphatic heterocycles. The maximum absolute atomic E-state index is 11.3. The average molecular weight is 685 g/mol. The molecule has 0 aromatic carbocycles. The van der Waals surface area contributed by atoms with Gasteiger partial charge in [-0.2, -0.15) is 0 Å². The molecule has 278 valence electrons. The van der Waals surface area contributed by atoms with Gasteiger partial charge in [-0.1, -0.05) is 41.5 Å². The van der Waals surface area contributed by atoms with Gasteiger partial charge in [-0.25, -0.2) is 0 Å². The summed E-state index contributed by atoms with van der Waals surface area (Å²) in [6.45, 7) is 14.2. The van der Waals surface area contributed by atoms with Crippen LogP contribution in [0.2, 0.25) is 0 Å². The third-order valence-corrected chi connectivity index (χ3v) is 13.1. The predicted octanol–water partition coefficient (Wildman–Crippen LogP) is 4.81. The van der Waals surface area contributed by atoms with Crippen LogP contribution >= 0.6 is 0 Å². The van der Waals surface area contributed by atoms with Gasteiger partial charge in [0.15, 0.2) is 11.6 Å². The summed E-state index contributed by atoms with van der Waals surface area (Å²) in [5.74, 6) is -3.27. The van der Waals surface area contributed by atoms with Gasteiger partial charge in [0.25, 0.3) is 0 Å². The molecule has 5 heterocycles. The second-order valence-electron chi connectivity index (χ2n) is 16.5. The molecule has 0 bridgehead atoms. The van der Waals surface area contributed by atoms with Crippen molar-refractivity contribution in [2.24, 2.45) is 29.6 Å². The van der Waals surface area contributed by atoms with E-state index in [2.05, 4.69) is 34.6 Å². The predicted molar refractivity (Wildman–Crippen MR) is 177 cm³/mol. The first-order valence-electron chi connectivity index (χ1n) is 18.7. The Kier molecular flexibility index (Phi) is 11.7. The monoisotopic (exact) mass is 684 g/mol. The van der Waals surface area contributed by atoms with E-state index in [1.54, 1.807) is 7.11 Å². The van der Waals surface area contributed by atoms with Crippen molar-refractivity contribution in [2.45, 2.75) is 185 Å². The minimum absolute atomic E-state index is 0.0714. The first kappa shape index (κ1) is 38.3. The van der Waals surface area contributed by atoms with Gasteiger partial charge in [-0.3, -0.25) is 4.79 Å². The van der Waals surface area contributed by atoms with Crippen molar-refractivity contribution in [2.75, 3.05) is 13.7 Å². The maximum atomic E-state index is 11.3. The summed E-state index contributed by atoms with van der Waals surface area (Å²) in [5, 5.41) is 41.3. The summed E-state index contributed by atoms with van der Waals surface area (Å²) in [4.78, 5) is 11.1. The highest BCUT2D eigenvalue weighted by Crippen LogP contribution is 2.55. The Morgan fingerprint density at radius 1 is 1.04 bits per heavy atom. The Labute approximate surface area is 287 Å². The van der Waals surface area contributed by atoms with Gasteiger partial charge in [-0.15, -0.1) is 0 Å². The molecule has 16 atom stereocenters. The summed E-state index contributed by atoms with van der Waals surface area (Å²) in [7, 11) is 1.65. The molecule has 48 heavy (non-hydrogen) atoms. The molecular formula is C37H64O11. The fourth-order valence-corrected chi connectivity index (χ4v) is 9.97. The highest BCUT2D eigenvalue weighted by atomic mass is 16.7. The second kappa shape index (κ2) is 14.6. The van der Waals surface area contributed by atoms with E-state index < -0.39 is 41.5 Å². The lowest BCUT2D eigenvalue weighted by molar-refractivity contribution is -0.336. The maximum Gasteiger partial charge on any atom is 0.303 e. The minimum Gasteiger partial charge on any atom is -0.481 e. The number of carboxylic acids is 1. The fraction of sp³-hybridized carbons (Fsp3) is 0.973. The van der Waals surface area contributed by atoms with Gasteiger partial charge in [0.1, 0.15) is 0 Å². The van der Waals surface area contributed by atoms with Crippen LogP contribution in [-0.4, -0.2) is 106 Å². The Morgan fingerprint density at radius 2 is 1.77 bits per heavy atom. The van der Waals surface area contributed by atoms with E-state index in [1.807, 2.05) is 13.8 Å². The first-order valence-corrected chi connectivity index (χ1v) is 18.7. The van der Waals surface area contributed by atoms with Crippen LogP contribution in [0.25, 0.3) is 0 Å². The van der Waals surface area contributed by atoms with Crippen LogP contribution in [0.1, 0.15) is 119 Å². The molecule has 5 saturated heterocycles. The van der Waals surface area contributed by atoms with E-state index in [9.17, 15) is 20.1 Å². The molecule has 5 aliphatic rings. The minimum atomic E-state index is -1.56. The van der Waals surface area contributed by atoms with Crippen LogP contribution in [0.15, 0.2) is 0 Å². The standard InChI is InChI=1S/C37H64O11/c1-9-35(33-22(3)18-28(44-33)31-21(2)17-23(4)37(42,20-38)47-31)14-13-29(45-35)34(7)15-16-36(48-34)19-26(39)24(5)32(46-36)25(6)27(43-8)11-10-12-30(40)41/h21-29,31-33,38-39,42H,9-20H2,1-8H3,(H,40,41)/t21-,22-,23+,24+,25-,26-,27-,28+,29+,31-,32-,33+,34-,35-,36+,37-/m0/s1. The van der Waals surface area contributed by atoms with Crippen molar-refractivity contribution >= 4 is 5.97 Å². The van der Waals surface area contributed by atoms with Crippen molar-refractivity contribution < 1.29 is 53.6 Å². The SMILES string of the molecule is CC[C@@]1([C@@H]2O[C@@H]([C@H]3O[C@@](O)(CO)[C@H](C)C[C@@H]3C)C[C@@H]2C)CC[C@H]([C@]2(C)CC[C@]3(C[C@H](O)[C@@H](C)[C@@H]([C@@H](C)[C@H](CCCC(=O)O)OC)O3)O2)O1. The zero-order chi connectivity index (χ0) is 35.2. The topological polar surface area (TPSA) is 153 Å². The number of aliphatic hydroxyl groups excluding tert-OH is 2. The van der Waals surface area contributed by atoms with Crippen molar-refractivity contribution in [3.63, 3.8) is 0 Å². The second-order valence-corrected chi connectivity index (χ2v) is 16.5. The van der Waals surface area contributed by atoms with Gasteiger partial charge in [0, 0.05) is 44.1 Å². The zero-order valence-electron chi connectivity index (χ0n) is 30.6. The molecule has 0 amide bonds. The van der Waals surface area contributed by atoms with Crippen LogP contribution in [0.5, 0.6) is 0 Å².